The van der Waals surface area contributed by atoms with Crippen LogP contribution in [0.4, 0.5) is 4.39 Å². The fourth-order valence-corrected chi connectivity index (χ4v) is 1.49. The second-order valence-electron chi connectivity index (χ2n) is 3.76. The highest BCUT2D eigenvalue weighted by molar-refractivity contribution is 5.53. The van der Waals surface area contributed by atoms with Gasteiger partial charge in [0.15, 0.2) is 0 Å². The molecule has 90 valence electrons. The lowest BCUT2D eigenvalue weighted by Crippen LogP contribution is -1.99. The van der Waals surface area contributed by atoms with Gasteiger partial charge < -0.3 is 10.3 Å². The third-order valence-corrected chi connectivity index (χ3v) is 2.42. The van der Waals surface area contributed by atoms with Gasteiger partial charge in [0, 0.05) is 12.0 Å². The summed E-state index contributed by atoms with van der Waals surface area (Å²) >= 11 is 0. The Balaban J connectivity index is 2.04. The van der Waals surface area contributed by atoms with Crippen molar-refractivity contribution in [1.29, 1.82) is 0 Å². The molecule has 0 aliphatic rings. The van der Waals surface area contributed by atoms with Gasteiger partial charge in [0.1, 0.15) is 5.82 Å². The topological polar surface area (TPSA) is 64.9 Å². The molecular weight excluding hydrogens is 221 g/mol. The van der Waals surface area contributed by atoms with Gasteiger partial charge >= 0.3 is 0 Å². The number of aryl methyl sites for hydroxylation is 1. The van der Waals surface area contributed by atoms with E-state index in [-0.39, 0.29) is 5.82 Å². The highest BCUT2D eigenvalue weighted by atomic mass is 19.1. The van der Waals surface area contributed by atoms with Gasteiger partial charge in [-0.3, -0.25) is 0 Å². The molecule has 0 aliphatic carbocycles. The maximum Gasteiger partial charge on any atom is 0.226 e. The van der Waals surface area contributed by atoms with Gasteiger partial charge in [-0.15, -0.1) is 0 Å². The quantitative estimate of drug-likeness (QED) is 0.806. The summed E-state index contributed by atoms with van der Waals surface area (Å²) in [7, 11) is 0. The van der Waals surface area contributed by atoms with Gasteiger partial charge in [0.2, 0.25) is 11.7 Å². The minimum Gasteiger partial charge on any atom is -0.339 e. The predicted octanol–water partition coefficient (Wildman–Crippen LogP) is 2.16. The van der Waals surface area contributed by atoms with Crippen molar-refractivity contribution in [2.45, 2.75) is 19.3 Å². The fraction of sp³-hybridized carbons (Fsp3) is 0.333. The fourth-order valence-electron chi connectivity index (χ4n) is 1.49. The van der Waals surface area contributed by atoms with Gasteiger partial charge in [-0.1, -0.05) is 5.16 Å². The molecule has 0 aliphatic heterocycles. The van der Waals surface area contributed by atoms with Crippen LogP contribution in [0.15, 0.2) is 28.8 Å². The van der Waals surface area contributed by atoms with Crippen LogP contribution >= 0.6 is 0 Å². The number of hydrogen-bond acceptors (Lipinski definition) is 4. The Hall–Kier alpha value is -1.75. The van der Waals surface area contributed by atoms with E-state index in [0.29, 0.717) is 18.3 Å². The maximum absolute atomic E-state index is 12.7. The van der Waals surface area contributed by atoms with Crippen LogP contribution < -0.4 is 5.73 Å². The Kier molecular flexibility index (Phi) is 3.82. The van der Waals surface area contributed by atoms with Crippen LogP contribution in [-0.2, 0) is 6.42 Å². The van der Waals surface area contributed by atoms with Crippen molar-refractivity contribution in [2.75, 3.05) is 6.54 Å². The third kappa shape index (κ3) is 3.10. The molecule has 2 aromatic rings. The molecular formula is C12H14FN3O. The number of aromatic nitrogens is 2. The van der Waals surface area contributed by atoms with Crippen molar-refractivity contribution in [2.24, 2.45) is 5.73 Å². The summed E-state index contributed by atoms with van der Waals surface area (Å²) < 4.78 is 17.8. The van der Waals surface area contributed by atoms with Crippen LogP contribution in [0.2, 0.25) is 0 Å². The summed E-state index contributed by atoms with van der Waals surface area (Å²) in [5.41, 5.74) is 6.15. The number of hydrogen-bond donors (Lipinski definition) is 1. The van der Waals surface area contributed by atoms with Crippen LogP contribution in [0.25, 0.3) is 11.4 Å². The van der Waals surface area contributed by atoms with E-state index in [1.54, 1.807) is 12.1 Å². The molecule has 0 spiro atoms. The van der Waals surface area contributed by atoms with Gasteiger partial charge in [0.25, 0.3) is 0 Å². The van der Waals surface area contributed by atoms with E-state index in [2.05, 4.69) is 10.1 Å². The monoisotopic (exact) mass is 235 g/mol. The smallest absolute Gasteiger partial charge is 0.226 e. The second kappa shape index (κ2) is 5.54. The summed E-state index contributed by atoms with van der Waals surface area (Å²) in [4.78, 5) is 4.24. The first kappa shape index (κ1) is 11.7. The SMILES string of the molecule is NCCCCc1nc(-c2ccc(F)cc2)no1. The minimum atomic E-state index is -0.277. The maximum atomic E-state index is 12.7. The molecule has 17 heavy (non-hydrogen) atoms. The number of unbranched alkanes of at least 4 members (excludes halogenated alkanes) is 1. The lowest BCUT2D eigenvalue weighted by atomic mass is 10.2. The molecule has 5 heteroatoms. The van der Waals surface area contributed by atoms with Gasteiger partial charge in [0.05, 0.1) is 0 Å². The van der Waals surface area contributed by atoms with Gasteiger partial charge in [-0.2, -0.15) is 4.98 Å². The van der Waals surface area contributed by atoms with E-state index < -0.39 is 0 Å². The molecule has 2 N–H and O–H groups in total. The Morgan fingerprint density at radius 1 is 1.18 bits per heavy atom. The molecule has 2 rings (SSSR count). The van der Waals surface area contributed by atoms with Crippen molar-refractivity contribution in [3.8, 4) is 11.4 Å². The zero-order valence-corrected chi connectivity index (χ0v) is 9.40. The number of nitrogens with zero attached hydrogens (tertiary/aromatic N) is 2. The van der Waals surface area contributed by atoms with Crippen LogP contribution in [0.1, 0.15) is 18.7 Å². The van der Waals surface area contributed by atoms with E-state index in [9.17, 15) is 4.39 Å². The lowest BCUT2D eigenvalue weighted by molar-refractivity contribution is 0.375. The van der Waals surface area contributed by atoms with Crippen molar-refractivity contribution in [1.82, 2.24) is 10.1 Å². The zero-order valence-electron chi connectivity index (χ0n) is 9.40. The first-order valence-corrected chi connectivity index (χ1v) is 5.58. The van der Waals surface area contributed by atoms with E-state index in [4.69, 9.17) is 10.3 Å². The van der Waals surface area contributed by atoms with Crippen LogP contribution in [0, 0.1) is 5.82 Å². The molecule has 0 radical (unpaired) electrons. The standard InChI is InChI=1S/C12H14FN3O/c13-10-6-4-9(5-7-10)12-15-11(17-16-12)3-1-2-8-14/h4-7H,1-3,8,14H2. The normalized spacial score (nSPS) is 10.7. The average Bonchev–Trinajstić information content (AvgIpc) is 2.79. The Labute approximate surface area is 98.6 Å². The lowest BCUT2D eigenvalue weighted by Gasteiger charge is -1.93. The Morgan fingerprint density at radius 2 is 1.94 bits per heavy atom. The Bertz CT molecular complexity index is 467. The summed E-state index contributed by atoms with van der Waals surface area (Å²) in [5, 5.41) is 3.86. The van der Waals surface area contributed by atoms with E-state index in [1.165, 1.54) is 12.1 Å². The summed E-state index contributed by atoms with van der Waals surface area (Å²) in [6.45, 7) is 0.666. The molecule has 1 aromatic heterocycles. The first-order chi connectivity index (χ1) is 8.29. The summed E-state index contributed by atoms with van der Waals surface area (Å²) in [6.07, 6.45) is 2.60. The molecule has 1 heterocycles. The van der Waals surface area contributed by atoms with Crippen molar-refractivity contribution >= 4 is 0 Å². The van der Waals surface area contributed by atoms with E-state index >= 15 is 0 Å². The van der Waals surface area contributed by atoms with Crippen molar-refractivity contribution in [3.63, 3.8) is 0 Å². The van der Waals surface area contributed by atoms with Gasteiger partial charge in [-0.25, -0.2) is 4.39 Å². The molecule has 4 nitrogen and oxygen atoms in total. The molecule has 1 aromatic carbocycles. The van der Waals surface area contributed by atoms with Crippen molar-refractivity contribution in [3.05, 3.63) is 36.0 Å². The second-order valence-corrected chi connectivity index (χ2v) is 3.76. The Morgan fingerprint density at radius 3 is 2.65 bits per heavy atom. The number of benzene rings is 1. The van der Waals surface area contributed by atoms with Gasteiger partial charge in [-0.05, 0) is 43.7 Å². The number of nitrogens with two attached hydrogens (primary N) is 1. The highest BCUT2D eigenvalue weighted by Crippen LogP contribution is 2.16. The molecule has 0 bridgehead atoms. The zero-order chi connectivity index (χ0) is 12.1. The minimum absolute atomic E-state index is 0.277. The molecule has 0 unspecified atom stereocenters. The van der Waals surface area contributed by atoms with E-state index in [0.717, 1.165) is 24.8 Å². The first-order valence-electron chi connectivity index (χ1n) is 5.58. The molecule has 0 atom stereocenters. The molecule has 0 fully saturated rings. The summed E-state index contributed by atoms with van der Waals surface area (Å²) in [5.74, 6) is 0.811. The van der Waals surface area contributed by atoms with Crippen LogP contribution in [0.5, 0.6) is 0 Å². The molecule has 0 amide bonds. The molecule has 0 saturated carbocycles. The highest BCUT2D eigenvalue weighted by Gasteiger charge is 2.08. The average molecular weight is 235 g/mol. The number of halogens is 1. The van der Waals surface area contributed by atoms with Crippen molar-refractivity contribution < 1.29 is 8.91 Å². The summed E-state index contributed by atoms with van der Waals surface area (Å²) in [6, 6.07) is 6.01. The number of rotatable bonds is 5. The van der Waals surface area contributed by atoms with E-state index in [1.807, 2.05) is 0 Å². The third-order valence-electron chi connectivity index (χ3n) is 2.42. The largest absolute Gasteiger partial charge is 0.339 e. The van der Waals surface area contributed by atoms with Crippen LogP contribution in [-0.4, -0.2) is 16.7 Å². The molecule has 0 saturated heterocycles. The van der Waals surface area contributed by atoms with Crippen LogP contribution in [0.3, 0.4) is 0 Å². The predicted molar refractivity (Wildman–Crippen MR) is 61.7 cm³/mol.